The van der Waals surface area contributed by atoms with Crippen molar-refractivity contribution in [1.82, 2.24) is 9.97 Å². The number of rotatable bonds is 4. The van der Waals surface area contributed by atoms with Gasteiger partial charge < -0.3 is 19.9 Å². The van der Waals surface area contributed by atoms with Crippen LogP contribution in [0.15, 0.2) is 30.6 Å². The fraction of sp³-hybridized carbons (Fsp3) is 0.167. The van der Waals surface area contributed by atoms with Crippen molar-refractivity contribution in [3.05, 3.63) is 30.6 Å². The molecule has 18 heavy (non-hydrogen) atoms. The maximum absolute atomic E-state index is 5.60. The average Bonchev–Trinajstić information content (AvgIpc) is 2.39. The lowest BCUT2D eigenvalue weighted by atomic mass is 10.3. The van der Waals surface area contributed by atoms with Crippen LogP contribution in [-0.2, 0) is 0 Å². The van der Waals surface area contributed by atoms with Crippen LogP contribution in [-0.4, -0.2) is 24.2 Å². The Morgan fingerprint density at radius 1 is 1.06 bits per heavy atom. The van der Waals surface area contributed by atoms with Crippen molar-refractivity contribution >= 4 is 5.82 Å². The fourth-order valence-corrected chi connectivity index (χ4v) is 1.43. The zero-order valence-electron chi connectivity index (χ0n) is 10.1. The molecule has 0 amide bonds. The second kappa shape index (κ2) is 5.22. The molecule has 0 bridgehead atoms. The molecule has 1 aromatic heterocycles. The lowest BCUT2D eigenvalue weighted by Gasteiger charge is -2.12. The third-order valence-electron chi connectivity index (χ3n) is 2.22. The Bertz CT molecular complexity index is 524. The smallest absolute Gasteiger partial charge is 0.240 e. The topological polar surface area (TPSA) is 79.5 Å². The number of hydrogen-bond acceptors (Lipinski definition) is 6. The Hall–Kier alpha value is -2.50. The molecule has 0 aliphatic heterocycles. The minimum Gasteiger partial charge on any atom is -0.493 e. The van der Waals surface area contributed by atoms with E-state index in [9.17, 15) is 0 Å². The van der Waals surface area contributed by atoms with Crippen LogP contribution in [0.4, 0.5) is 5.82 Å². The quantitative estimate of drug-likeness (QED) is 0.888. The molecule has 0 radical (unpaired) electrons. The van der Waals surface area contributed by atoms with Crippen molar-refractivity contribution in [3.8, 4) is 23.1 Å². The third-order valence-corrected chi connectivity index (χ3v) is 2.22. The molecule has 94 valence electrons. The molecule has 1 aromatic carbocycles. The number of ether oxygens (including phenoxy) is 3. The van der Waals surface area contributed by atoms with Crippen LogP contribution in [0.2, 0.25) is 0 Å². The lowest BCUT2D eigenvalue weighted by molar-refractivity contribution is 0.341. The van der Waals surface area contributed by atoms with Gasteiger partial charge in [0.25, 0.3) is 0 Å². The summed E-state index contributed by atoms with van der Waals surface area (Å²) in [5, 5.41) is 0. The molecule has 0 fully saturated rings. The van der Waals surface area contributed by atoms with Gasteiger partial charge in [-0.15, -0.1) is 0 Å². The van der Waals surface area contributed by atoms with Crippen molar-refractivity contribution in [2.75, 3.05) is 20.0 Å². The van der Waals surface area contributed by atoms with Gasteiger partial charge in [-0.3, -0.25) is 4.98 Å². The number of nitrogens with two attached hydrogens (primary N) is 1. The molecule has 0 spiro atoms. The molecule has 6 heteroatoms. The maximum Gasteiger partial charge on any atom is 0.240 e. The average molecular weight is 247 g/mol. The molecule has 1 heterocycles. The van der Waals surface area contributed by atoms with Crippen molar-refractivity contribution < 1.29 is 14.2 Å². The highest BCUT2D eigenvalue weighted by Crippen LogP contribution is 2.39. The Morgan fingerprint density at radius 2 is 1.72 bits per heavy atom. The first kappa shape index (κ1) is 12.0. The largest absolute Gasteiger partial charge is 0.493 e. The SMILES string of the molecule is COc1cccc(OC)c1Oc1cncc(N)n1. The van der Waals surface area contributed by atoms with Gasteiger partial charge in [0, 0.05) is 0 Å². The van der Waals surface area contributed by atoms with Crippen LogP contribution in [0.25, 0.3) is 0 Å². The van der Waals surface area contributed by atoms with E-state index >= 15 is 0 Å². The predicted molar refractivity (Wildman–Crippen MR) is 66.1 cm³/mol. The first-order valence-corrected chi connectivity index (χ1v) is 5.21. The molecule has 2 aromatic rings. The number of aromatic nitrogens is 2. The van der Waals surface area contributed by atoms with Gasteiger partial charge >= 0.3 is 0 Å². The van der Waals surface area contributed by atoms with Crippen molar-refractivity contribution in [2.24, 2.45) is 0 Å². The molecule has 0 atom stereocenters. The van der Waals surface area contributed by atoms with Crippen LogP contribution in [0.5, 0.6) is 23.1 Å². The minimum absolute atomic E-state index is 0.276. The standard InChI is InChI=1S/C12H13N3O3/c1-16-8-4-3-5-9(17-2)12(8)18-11-7-14-6-10(13)15-11/h3-7H,1-2H3,(H2,13,15). The monoisotopic (exact) mass is 247 g/mol. The molecule has 0 unspecified atom stereocenters. The molecule has 2 N–H and O–H groups in total. The number of hydrogen-bond donors (Lipinski definition) is 1. The van der Waals surface area contributed by atoms with Crippen molar-refractivity contribution in [2.45, 2.75) is 0 Å². The Morgan fingerprint density at radius 3 is 2.28 bits per heavy atom. The van der Waals surface area contributed by atoms with Crippen LogP contribution in [0.3, 0.4) is 0 Å². The van der Waals surface area contributed by atoms with E-state index in [1.54, 1.807) is 32.4 Å². The number of anilines is 1. The Kier molecular flexibility index (Phi) is 3.47. The van der Waals surface area contributed by atoms with Crippen LogP contribution >= 0.6 is 0 Å². The molecule has 0 saturated heterocycles. The lowest BCUT2D eigenvalue weighted by Crippen LogP contribution is -1.98. The highest BCUT2D eigenvalue weighted by Gasteiger charge is 2.13. The summed E-state index contributed by atoms with van der Waals surface area (Å²) in [6, 6.07) is 5.32. The van der Waals surface area contributed by atoms with Crippen LogP contribution in [0.1, 0.15) is 0 Å². The Balaban J connectivity index is 2.38. The van der Waals surface area contributed by atoms with E-state index in [4.69, 9.17) is 19.9 Å². The van der Waals surface area contributed by atoms with E-state index in [0.717, 1.165) is 0 Å². The van der Waals surface area contributed by atoms with E-state index in [2.05, 4.69) is 9.97 Å². The van der Waals surface area contributed by atoms with Gasteiger partial charge in [-0.2, -0.15) is 4.98 Å². The highest BCUT2D eigenvalue weighted by molar-refractivity contribution is 5.52. The van der Waals surface area contributed by atoms with Gasteiger partial charge in [-0.25, -0.2) is 0 Å². The summed E-state index contributed by atoms with van der Waals surface area (Å²) >= 11 is 0. The van der Waals surface area contributed by atoms with Crippen molar-refractivity contribution in [1.29, 1.82) is 0 Å². The molecular weight excluding hydrogens is 234 g/mol. The normalized spacial score (nSPS) is 9.89. The van der Waals surface area contributed by atoms with E-state index in [1.807, 2.05) is 0 Å². The summed E-state index contributed by atoms with van der Waals surface area (Å²) in [7, 11) is 3.10. The highest BCUT2D eigenvalue weighted by atomic mass is 16.5. The van der Waals surface area contributed by atoms with Crippen LogP contribution < -0.4 is 19.9 Å². The van der Waals surface area contributed by atoms with Gasteiger partial charge in [0.05, 0.1) is 26.6 Å². The second-order valence-corrected chi connectivity index (χ2v) is 3.38. The van der Waals surface area contributed by atoms with E-state index in [0.29, 0.717) is 17.2 Å². The van der Waals surface area contributed by atoms with Gasteiger partial charge in [0.15, 0.2) is 11.5 Å². The number of nitrogen functional groups attached to an aromatic ring is 1. The number of benzene rings is 1. The van der Waals surface area contributed by atoms with Crippen molar-refractivity contribution in [3.63, 3.8) is 0 Å². The Labute approximate surface area is 104 Å². The number of para-hydroxylation sites is 1. The molecule has 6 nitrogen and oxygen atoms in total. The van der Waals surface area contributed by atoms with Gasteiger partial charge in [0.2, 0.25) is 11.6 Å². The summed E-state index contributed by atoms with van der Waals surface area (Å²) in [5.74, 6) is 2.07. The molecule has 0 saturated carbocycles. The van der Waals surface area contributed by atoms with E-state index < -0.39 is 0 Å². The summed E-state index contributed by atoms with van der Waals surface area (Å²) in [4.78, 5) is 7.90. The maximum atomic E-state index is 5.60. The zero-order valence-corrected chi connectivity index (χ0v) is 10.1. The predicted octanol–water partition coefficient (Wildman–Crippen LogP) is 1.87. The molecule has 0 aliphatic rings. The first-order valence-electron chi connectivity index (χ1n) is 5.21. The summed E-state index contributed by atoms with van der Waals surface area (Å²) in [5.41, 5.74) is 5.54. The summed E-state index contributed by atoms with van der Waals surface area (Å²) < 4.78 is 16.0. The minimum atomic E-state index is 0.276. The first-order chi connectivity index (χ1) is 8.74. The summed E-state index contributed by atoms with van der Waals surface area (Å²) in [6.07, 6.45) is 2.90. The zero-order chi connectivity index (χ0) is 13.0. The number of nitrogens with zero attached hydrogens (tertiary/aromatic N) is 2. The molecular formula is C12H13N3O3. The summed E-state index contributed by atoms with van der Waals surface area (Å²) in [6.45, 7) is 0. The number of methoxy groups -OCH3 is 2. The van der Waals surface area contributed by atoms with Crippen LogP contribution in [0, 0.1) is 0 Å². The van der Waals surface area contributed by atoms with Gasteiger partial charge in [-0.05, 0) is 12.1 Å². The fourth-order valence-electron chi connectivity index (χ4n) is 1.43. The van der Waals surface area contributed by atoms with E-state index in [-0.39, 0.29) is 11.7 Å². The second-order valence-electron chi connectivity index (χ2n) is 3.38. The van der Waals surface area contributed by atoms with E-state index in [1.165, 1.54) is 12.4 Å². The van der Waals surface area contributed by atoms with Gasteiger partial charge in [0.1, 0.15) is 5.82 Å². The molecule has 2 rings (SSSR count). The molecule has 0 aliphatic carbocycles. The third kappa shape index (κ3) is 2.42. The van der Waals surface area contributed by atoms with Gasteiger partial charge in [-0.1, -0.05) is 6.07 Å².